The SMILES string of the molecule is CCCOCCCNC(=O)CC(=N)OC(=N)C(c1nc2ccc(-c3ccc(C=O)cc3)cc2s1)S(C)=O.CN1CCOCC1. The Balaban J connectivity index is 0.000000662. The molecule has 0 spiro atoms. The summed E-state index contributed by atoms with van der Waals surface area (Å²) in [4.78, 5) is 29.8. The highest BCUT2D eigenvalue weighted by Gasteiger charge is 2.28. The van der Waals surface area contributed by atoms with E-state index in [-0.39, 0.29) is 6.42 Å². The van der Waals surface area contributed by atoms with Gasteiger partial charge in [-0.05, 0) is 43.1 Å². The zero-order chi connectivity index (χ0) is 31.9. The summed E-state index contributed by atoms with van der Waals surface area (Å²) < 4.78 is 29.1. The van der Waals surface area contributed by atoms with E-state index in [4.69, 9.17) is 25.0 Å². The number of thiazole rings is 1. The van der Waals surface area contributed by atoms with E-state index in [2.05, 4.69) is 22.2 Å². The van der Waals surface area contributed by atoms with Crippen molar-refractivity contribution in [3.8, 4) is 11.1 Å². The minimum Gasteiger partial charge on any atom is -0.427 e. The summed E-state index contributed by atoms with van der Waals surface area (Å²) in [5.41, 5.74) is 3.16. The standard InChI is InChI=1S/C26H30N4O5S2.C5H11NO/c1-3-12-34-13-4-11-29-23(32)15-22(27)35-25(28)24(37(2)33)26-30-20-10-9-19(14-21(20)36-26)18-7-5-17(16-31)6-8-18;1-6-2-4-7-5-3-6/h5-10,14,16,24,27-28H,3-4,11-13,15H2,1-2H3,(H,29,32);2-5H2,1H3. The molecule has 0 aliphatic carbocycles. The highest BCUT2D eigenvalue weighted by Crippen LogP contribution is 2.33. The van der Waals surface area contributed by atoms with Gasteiger partial charge in [-0.3, -0.25) is 24.6 Å². The van der Waals surface area contributed by atoms with Crippen LogP contribution in [0, 0.1) is 10.8 Å². The number of nitrogens with zero attached hydrogens (tertiary/aromatic N) is 2. The largest absolute Gasteiger partial charge is 0.427 e. The number of hydrogen-bond donors (Lipinski definition) is 3. The summed E-state index contributed by atoms with van der Waals surface area (Å²) in [6.45, 7) is 7.69. The maximum atomic E-state index is 12.5. The number of nitrogens with one attached hydrogen (secondary N) is 3. The molecule has 11 nitrogen and oxygen atoms in total. The Bertz CT molecular complexity index is 1420. The minimum absolute atomic E-state index is 0.326. The van der Waals surface area contributed by atoms with Crippen LogP contribution in [-0.2, 0) is 29.8 Å². The molecule has 1 aliphatic heterocycles. The number of aromatic nitrogens is 1. The molecule has 1 aromatic heterocycles. The van der Waals surface area contributed by atoms with Crippen LogP contribution in [0.15, 0.2) is 42.5 Å². The van der Waals surface area contributed by atoms with Crippen molar-refractivity contribution in [3.63, 3.8) is 0 Å². The number of carbonyl (C=O) groups excluding carboxylic acids is 2. The van der Waals surface area contributed by atoms with Gasteiger partial charge in [0.1, 0.15) is 17.7 Å². The van der Waals surface area contributed by atoms with E-state index in [0.29, 0.717) is 42.3 Å². The van der Waals surface area contributed by atoms with E-state index < -0.39 is 33.8 Å². The predicted molar refractivity (Wildman–Crippen MR) is 175 cm³/mol. The Hall–Kier alpha value is -3.36. The number of morpholine rings is 1. The predicted octanol–water partition coefficient (Wildman–Crippen LogP) is 4.44. The molecule has 0 radical (unpaired) electrons. The topological polar surface area (TPSA) is 155 Å². The average molecular weight is 644 g/mol. The molecule has 13 heteroatoms. The third-order valence-electron chi connectivity index (χ3n) is 6.50. The zero-order valence-electron chi connectivity index (χ0n) is 25.4. The molecule has 2 atom stereocenters. The molecule has 3 aromatic rings. The number of rotatable bonds is 13. The highest BCUT2D eigenvalue weighted by atomic mass is 32.2. The van der Waals surface area contributed by atoms with Crippen molar-refractivity contribution in [2.75, 3.05) is 59.4 Å². The second-order valence-corrected chi connectivity index (χ2v) is 12.7. The molecule has 0 saturated carbocycles. The Labute approximate surface area is 264 Å². The summed E-state index contributed by atoms with van der Waals surface area (Å²) >= 11 is 1.30. The number of ether oxygens (including phenoxy) is 3. The summed E-state index contributed by atoms with van der Waals surface area (Å²) in [5.74, 6) is -1.19. The summed E-state index contributed by atoms with van der Waals surface area (Å²) in [5, 5.41) is 18.5. The quantitative estimate of drug-likeness (QED) is 0.107. The van der Waals surface area contributed by atoms with E-state index in [9.17, 15) is 13.8 Å². The normalized spacial score (nSPS) is 14.6. The van der Waals surface area contributed by atoms with Crippen LogP contribution >= 0.6 is 11.3 Å². The Morgan fingerprint density at radius 3 is 2.48 bits per heavy atom. The Kier molecular flexibility index (Phi) is 14.7. The first kappa shape index (κ1) is 35.1. The maximum Gasteiger partial charge on any atom is 0.229 e. The van der Waals surface area contributed by atoms with E-state index in [1.807, 2.05) is 37.3 Å². The molecular weight excluding hydrogens is 603 g/mol. The van der Waals surface area contributed by atoms with Crippen molar-refractivity contribution in [1.29, 1.82) is 10.8 Å². The molecule has 238 valence electrons. The lowest BCUT2D eigenvalue weighted by atomic mass is 10.0. The molecule has 1 amide bonds. The van der Waals surface area contributed by atoms with Crippen LogP contribution in [0.25, 0.3) is 21.3 Å². The van der Waals surface area contributed by atoms with Crippen molar-refractivity contribution < 1.29 is 28.0 Å². The lowest BCUT2D eigenvalue weighted by molar-refractivity contribution is -0.120. The van der Waals surface area contributed by atoms with Crippen molar-refractivity contribution in [2.24, 2.45) is 0 Å². The van der Waals surface area contributed by atoms with Crippen molar-refractivity contribution in [3.05, 3.63) is 53.0 Å². The lowest BCUT2D eigenvalue weighted by Gasteiger charge is -2.21. The third-order valence-corrected chi connectivity index (χ3v) is 8.84. The van der Waals surface area contributed by atoms with Gasteiger partial charge in [0, 0.05) is 55.5 Å². The number of benzene rings is 2. The summed E-state index contributed by atoms with van der Waals surface area (Å²) in [6.07, 6.45) is 3.52. The number of amides is 1. The van der Waals surface area contributed by atoms with E-state index in [1.165, 1.54) is 17.6 Å². The third kappa shape index (κ3) is 11.3. The average Bonchev–Trinajstić information content (AvgIpc) is 3.42. The molecule has 2 aromatic carbocycles. The fourth-order valence-corrected chi connectivity index (χ4v) is 6.35. The van der Waals surface area contributed by atoms with E-state index in [0.717, 1.165) is 54.8 Å². The number of aldehydes is 1. The summed E-state index contributed by atoms with van der Waals surface area (Å²) in [7, 11) is 0.573. The van der Waals surface area contributed by atoms with Gasteiger partial charge in [0.2, 0.25) is 11.8 Å². The van der Waals surface area contributed by atoms with Crippen molar-refractivity contribution in [1.82, 2.24) is 15.2 Å². The van der Waals surface area contributed by atoms with Gasteiger partial charge < -0.3 is 24.4 Å². The van der Waals surface area contributed by atoms with Crippen LogP contribution < -0.4 is 5.32 Å². The Morgan fingerprint density at radius 1 is 1.16 bits per heavy atom. The molecular formula is C31H41N5O6S2. The van der Waals surface area contributed by atoms with Crippen LogP contribution in [0.1, 0.15) is 46.8 Å². The smallest absolute Gasteiger partial charge is 0.229 e. The second-order valence-electron chi connectivity index (χ2n) is 10.2. The molecule has 0 bridgehead atoms. The number of hydrogen-bond acceptors (Lipinski definition) is 11. The van der Waals surface area contributed by atoms with E-state index >= 15 is 0 Å². The van der Waals surface area contributed by atoms with Gasteiger partial charge in [-0.25, -0.2) is 4.98 Å². The maximum absolute atomic E-state index is 12.5. The fourth-order valence-electron chi connectivity index (χ4n) is 4.13. The van der Waals surface area contributed by atoms with Crippen LogP contribution in [0.2, 0.25) is 0 Å². The summed E-state index contributed by atoms with van der Waals surface area (Å²) in [6, 6.07) is 12.9. The number of likely N-dealkylation sites (N-methyl/N-ethyl adjacent to an activating group) is 1. The van der Waals surface area contributed by atoms with Gasteiger partial charge in [-0.2, -0.15) is 0 Å². The van der Waals surface area contributed by atoms with Crippen LogP contribution in [0.5, 0.6) is 0 Å². The van der Waals surface area contributed by atoms with Crippen LogP contribution in [0.3, 0.4) is 0 Å². The Morgan fingerprint density at radius 2 is 1.86 bits per heavy atom. The van der Waals surface area contributed by atoms with Crippen LogP contribution in [-0.4, -0.2) is 97.4 Å². The molecule has 4 rings (SSSR count). The highest BCUT2D eigenvalue weighted by molar-refractivity contribution is 7.85. The van der Waals surface area contributed by atoms with Crippen LogP contribution in [0.4, 0.5) is 0 Å². The van der Waals surface area contributed by atoms with Gasteiger partial charge in [0.15, 0.2) is 11.1 Å². The van der Waals surface area contributed by atoms with Crippen molar-refractivity contribution >= 4 is 56.3 Å². The molecule has 1 aliphatic rings. The van der Waals surface area contributed by atoms with E-state index in [1.54, 1.807) is 12.1 Å². The first-order chi connectivity index (χ1) is 21.2. The van der Waals surface area contributed by atoms with Gasteiger partial charge in [0.05, 0.1) is 23.4 Å². The number of fused-ring (bicyclic) bond motifs is 1. The minimum atomic E-state index is -1.54. The van der Waals surface area contributed by atoms with Gasteiger partial charge in [-0.1, -0.05) is 37.3 Å². The molecule has 44 heavy (non-hydrogen) atoms. The molecule has 1 fully saturated rings. The first-order valence-electron chi connectivity index (χ1n) is 14.4. The van der Waals surface area contributed by atoms with Crippen molar-refractivity contribution in [2.45, 2.75) is 31.4 Å². The monoisotopic (exact) mass is 643 g/mol. The molecule has 2 heterocycles. The van der Waals surface area contributed by atoms with Gasteiger partial charge >= 0.3 is 0 Å². The molecule has 3 N–H and O–H groups in total. The molecule has 2 unspecified atom stereocenters. The second kappa shape index (κ2) is 18.4. The number of carbonyl (C=O) groups is 2. The van der Waals surface area contributed by atoms with Gasteiger partial charge in [-0.15, -0.1) is 11.3 Å². The fraction of sp³-hybridized carbons (Fsp3) is 0.452. The van der Waals surface area contributed by atoms with Gasteiger partial charge in [0.25, 0.3) is 0 Å². The zero-order valence-corrected chi connectivity index (χ0v) is 27.1. The lowest BCUT2D eigenvalue weighted by Crippen LogP contribution is -2.32. The first-order valence-corrected chi connectivity index (χ1v) is 16.9. The molecule has 1 saturated heterocycles.